The molecule has 0 heterocycles. The number of hydrogen-bond donors (Lipinski definition) is 0. The number of halogens is 1. The molecule has 0 N–H and O–H groups in total. The summed E-state index contributed by atoms with van der Waals surface area (Å²) in [7, 11) is 0. The van der Waals surface area contributed by atoms with Crippen LogP contribution in [0.2, 0.25) is 0 Å². The molecule has 1 nitrogen and oxygen atoms in total. The van der Waals surface area contributed by atoms with Crippen LogP contribution in [0.25, 0.3) is 0 Å². The van der Waals surface area contributed by atoms with Gasteiger partial charge in [0.15, 0.2) is 0 Å². The van der Waals surface area contributed by atoms with E-state index in [0.717, 1.165) is 6.42 Å². The van der Waals surface area contributed by atoms with Crippen LogP contribution >= 0.6 is 0 Å². The smallest absolute Gasteiger partial charge is 0.113 e. The first-order valence-corrected chi connectivity index (χ1v) is 2.98. The first-order chi connectivity index (χ1) is 3.81. The second kappa shape index (κ2) is 5.04. The van der Waals surface area contributed by atoms with Crippen LogP contribution in [0.15, 0.2) is 0 Å². The van der Waals surface area contributed by atoms with Gasteiger partial charge in [-0.3, -0.25) is 0 Å². The van der Waals surface area contributed by atoms with Crippen molar-refractivity contribution in [3.8, 4) is 0 Å². The predicted octanol–water partition coefficient (Wildman–Crippen LogP) is 1.77. The van der Waals surface area contributed by atoms with E-state index in [-0.39, 0.29) is 19.4 Å². The summed E-state index contributed by atoms with van der Waals surface area (Å²) in [5.41, 5.74) is 0. The molecular weight excluding hydrogens is 107 g/mol. The highest BCUT2D eigenvalue weighted by molar-refractivity contribution is 4.42. The van der Waals surface area contributed by atoms with E-state index in [2.05, 4.69) is 0 Å². The summed E-state index contributed by atoms with van der Waals surface area (Å²) in [6.45, 7) is 3.83. The van der Waals surface area contributed by atoms with E-state index in [9.17, 15) is 4.39 Å². The Morgan fingerprint density at radius 3 is 2.62 bits per heavy atom. The van der Waals surface area contributed by atoms with E-state index in [4.69, 9.17) is 4.74 Å². The fourth-order valence-corrected chi connectivity index (χ4v) is 0.364. The van der Waals surface area contributed by atoms with Crippen molar-refractivity contribution in [2.75, 3.05) is 13.3 Å². The maximum atomic E-state index is 11.4. The molecule has 0 rings (SSSR count). The quantitative estimate of drug-likeness (QED) is 0.549. The van der Waals surface area contributed by atoms with Crippen LogP contribution in [0.5, 0.6) is 0 Å². The van der Waals surface area contributed by atoms with Crippen LogP contribution < -0.4 is 0 Å². The largest absolute Gasteiger partial charge is 0.376 e. The molecule has 0 aliphatic heterocycles. The Balaban J connectivity index is 2.86. The zero-order valence-electron chi connectivity index (χ0n) is 5.48. The van der Waals surface area contributed by atoms with E-state index in [0.29, 0.717) is 0 Å². The van der Waals surface area contributed by atoms with Crippen molar-refractivity contribution in [3.63, 3.8) is 0 Å². The zero-order valence-corrected chi connectivity index (χ0v) is 5.48. The molecule has 1 atom stereocenters. The van der Waals surface area contributed by atoms with Gasteiger partial charge in [-0.1, -0.05) is 6.92 Å². The number of hydrogen-bond acceptors (Lipinski definition) is 1. The van der Waals surface area contributed by atoms with Gasteiger partial charge in [0.25, 0.3) is 0 Å². The zero-order chi connectivity index (χ0) is 6.41. The molecule has 0 aromatic rings. The summed E-state index contributed by atoms with van der Waals surface area (Å²) in [6, 6.07) is 0. The fourth-order valence-electron chi connectivity index (χ4n) is 0.364. The molecule has 0 bridgehead atoms. The molecule has 0 saturated heterocycles. The summed E-state index contributed by atoms with van der Waals surface area (Å²) >= 11 is 0. The monoisotopic (exact) mass is 120 g/mol. The van der Waals surface area contributed by atoms with Gasteiger partial charge in [-0.05, 0) is 13.3 Å². The van der Waals surface area contributed by atoms with E-state index in [1.165, 1.54) is 0 Å². The number of ether oxygens (including phenoxy) is 1. The second-order valence-electron chi connectivity index (χ2n) is 1.78. The number of rotatable bonds is 4. The van der Waals surface area contributed by atoms with Crippen molar-refractivity contribution in [2.45, 2.75) is 26.4 Å². The highest BCUT2D eigenvalue weighted by atomic mass is 19.1. The first kappa shape index (κ1) is 7.89. The molecular formula is C6H13FO. The normalized spacial score (nSPS) is 13.9. The minimum Gasteiger partial charge on any atom is -0.376 e. The Morgan fingerprint density at radius 2 is 2.25 bits per heavy atom. The van der Waals surface area contributed by atoms with E-state index in [1.54, 1.807) is 0 Å². The molecule has 0 aliphatic rings. The van der Waals surface area contributed by atoms with Crippen molar-refractivity contribution in [1.29, 1.82) is 0 Å². The van der Waals surface area contributed by atoms with E-state index < -0.39 is 0 Å². The molecule has 1 unspecified atom stereocenters. The van der Waals surface area contributed by atoms with Crippen molar-refractivity contribution in [2.24, 2.45) is 0 Å². The maximum absolute atomic E-state index is 11.4. The third kappa shape index (κ3) is 4.06. The standard InChI is InChI=1S/C6H13FO/c1-3-6(2)8-5-4-7/h6H,3-5H2,1-2H3. The second-order valence-corrected chi connectivity index (χ2v) is 1.78. The maximum Gasteiger partial charge on any atom is 0.113 e. The molecule has 0 aromatic heterocycles. The van der Waals surface area contributed by atoms with Crippen LogP contribution in [0.4, 0.5) is 4.39 Å². The van der Waals surface area contributed by atoms with Crippen LogP contribution in [-0.2, 0) is 4.74 Å². The van der Waals surface area contributed by atoms with Gasteiger partial charge in [0.2, 0.25) is 0 Å². The lowest BCUT2D eigenvalue weighted by Crippen LogP contribution is -2.07. The Bertz CT molecular complexity index is 47.8. The third-order valence-electron chi connectivity index (χ3n) is 1.05. The minimum atomic E-state index is -0.371. The van der Waals surface area contributed by atoms with E-state index in [1.807, 2.05) is 13.8 Å². The van der Waals surface area contributed by atoms with Crippen molar-refractivity contribution < 1.29 is 9.13 Å². The molecule has 0 saturated carbocycles. The van der Waals surface area contributed by atoms with Crippen molar-refractivity contribution in [1.82, 2.24) is 0 Å². The Morgan fingerprint density at radius 1 is 1.62 bits per heavy atom. The topological polar surface area (TPSA) is 9.23 Å². The lowest BCUT2D eigenvalue weighted by Gasteiger charge is -2.06. The molecule has 8 heavy (non-hydrogen) atoms. The lowest BCUT2D eigenvalue weighted by atomic mass is 10.3. The highest BCUT2D eigenvalue weighted by Crippen LogP contribution is 1.94. The summed E-state index contributed by atoms with van der Waals surface area (Å²) in [6.07, 6.45) is 1.17. The molecule has 50 valence electrons. The molecule has 0 fully saturated rings. The average molecular weight is 120 g/mol. The molecule has 0 aliphatic carbocycles. The van der Waals surface area contributed by atoms with Gasteiger partial charge in [0.05, 0.1) is 12.7 Å². The molecule has 2 heteroatoms. The third-order valence-corrected chi connectivity index (χ3v) is 1.05. The summed E-state index contributed by atoms with van der Waals surface area (Å²) < 4.78 is 16.3. The Labute approximate surface area is 49.8 Å². The Kier molecular flexibility index (Phi) is 4.97. The van der Waals surface area contributed by atoms with Gasteiger partial charge in [0, 0.05) is 0 Å². The summed E-state index contributed by atoms with van der Waals surface area (Å²) in [5.74, 6) is 0. The number of alkyl halides is 1. The highest BCUT2D eigenvalue weighted by Gasteiger charge is 1.94. The molecule has 0 amide bonds. The van der Waals surface area contributed by atoms with Crippen molar-refractivity contribution in [3.05, 3.63) is 0 Å². The molecule has 0 spiro atoms. The summed E-state index contributed by atoms with van der Waals surface area (Å²) in [5, 5.41) is 0. The average Bonchev–Trinajstić information content (AvgIpc) is 1.83. The lowest BCUT2D eigenvalue weighted by molar-refractivity contribution is 0.0541. The van der Waals surface area contributed by atoms with Crippen LogP contribution in [0.3, 0.4) is 0 Å². The van der Waals surface area contributed by atoms with Gasteiger partial charge in [-0.25, -0.2) is 4.39 Å². The van der Waals surface area contributed by atoms with Gasteiger partial charge in [-0.15, -0.1) is 0 Å². The van der Waals surface area contributed by atoms with Crippen LogP contribution in [0.1, 0.15) is 20.3 Å². The van der Waals surface area contributed by atoms with Gasteiger partial charge in [0.1, 0.15) is 6.67 Å². The van der Waals surface area contributed by atoms with Gasteiger partial charge >= 0.3 is 0 Å². The Hall–Kier alpha value is -0.110. The van der Waals surface area contributed by atoms with E-state index >= 15 is 0 Å². The van der Waals surface area contributed by atoms with Gasteiger partial charge < -0.3 is 4.74 Å². The first-order valence-electron chi connectivity index (χ1n) is 2.98. The van der Waals surface area contributed by atoms with Gasteiger partial charge in [-0.2, -0.15) is 0 Å². The molecule has 0 aromatic carbocycles. The minimum absolute atomic E-state index is 0.214. The molecule has 0 radical (unpaired) electrons. The predicted molar refractivity (Wildman–Crippen MR) is 31.7 cm³/mol. The van der Waals surface area contributed by atoms with Crippen molar-refractivity contribution >= 4 is 0 Å². The fraction of sp³-hybridized carbons (Fsp3) is 1.00. The SMILES string of the molecule is CCC(C)OCCF. The van der Waals surface area contributed by atoms with Crippen LogP contribution in [-0.4, -0.2) is 19.4 Å². The summed E-state index contributed by atoms with van der Waals surface area (Å²) in [4.78, 5) is 0. The van der Waals surface area contributed by atoms with Crippen LogP contribution in [0, 0.1) is 0 Å².